The quantitative estimate of drug-likeness (QED) is 0.520. The van der Waals surface area contributed by atoms with Crippen molar-refractivity contribution in [3.63, 3.8) is 0 Å². The Morgan fingerprint density at radius 3 is 2.81 bits per heavy atom. The summed E-state index contributed by atoms with van der Waals surface area (Å²) >= 11 is 13.7. The SMILES string of the molecule is COCCC(CC(=O)O)[C@@H]1c2ccccc2C[C@H]1NC(=O)C1Cc2sc(Cl)c(Cl)c2N1. The molecule has 0 spiro atoms. The number of fused-ring (bicyclic) bond motifs is 2. The van der Waals surface area contributed by atoms with E-state index in [-0.39, 0.29) is 30.2 Å². The summed E-state index contributed by atoms with van der Waals surface area (Å²) in [6.45, 7) is 0.473. The van der Waals surface area contributed by atoms with Gasteiger partial charge in [0.1, 0.15) is 10.4 Å². The number of benzene rings is 1. The number of nitrogens with one attached hydrogen (secondary N) is 2. The topological polar surface area (TPSA) is 87.7 Å². The van der Waals surface area contributed by atoms with E-state index in [2.05, 4.69) is 16.7 Å². The van der Waals surface area contributed by atoms with Crippen LogP contribution in [0.2, 0.25) is 9.36 Å². The predicted molar refractivity (Wildman–Crippen MR) is 123 cm³/mol. The van der Waals surface area contributed by atoms with E-state index in [0.717, 1.165) is 21.7 Å². The average Bonchev–Trinajstić information content (AvgIpc) is 3.38. The largest absolute Gasteiger partial charge is 0.481 e. The lowest BCUT2D eigenvalue weighted by molar-refractivity contribution is -0.138. The van der Waals surface area contributed by atoms with Gasteiger partial charge in [-0.1, -0.05) is 47.5 Å². The van der Waals surface area contributed by atoms with Crippen LogP contribution in [-0.4, -0.2) is 42.8 Å². The molecule has 3 N–H and O–H groups in total. The standard InChI is InChI=1S/C22H24Cl2N2O4S/c1-30-7-6-12(9-17(27)28)18-13-5-3-2-4-11(13)8-14(18)26-22(29)15-10-16-20(25-15)19(23)21(24)31-16/h2-5,12,14-15,18,25H,6-10H2,1H3,(H,26,29)(H,27,28)/t12?,14-,15?,18-/m1/s1. The monoisotopic (exact) mass is 482 g/mol. The maximum atomic E-state index is 13.1. The Morgan fingerprint density at radius 1 is 1.32 bits per heavy atom. The summed E-state index contributed by atoms with van der Waals surface area (Å²) in [5.74, 6) is -1.18. The van der Waals surface area contributed by atoms with Gasteiger partial charge in [-0.3, -0.25) is 9.59 Å². The molecule has 2 aliphatic rings. The molecule has 0 fully saturated rings. The number of methoxy groups -OCH3 is 1. The Labute approximate surface area is 194 Å². The molecule has 0 radical (unpaired) electrons. The van der Waals surface area contributed by atoms with Crippen molar-refractivity contribution in [2.24, 2.45) is 5.92 Å². The summed E-state index contributed by atoms with van der Waals surface area (Å²) in [5, 5.41) is 16.4. The van der Waals surface area contributed by atoms with Gasteiger partial charge in [0.05, 0.1) is 10.7 Å². The van der Waals surface area contributed by atoms with E-state index >= 15 is 0 Å². The fourth-order valence-electron chi connectivity index (χ4n) is 4.82. The second kappa shape index (κ2) is 9.36. The molecular formula is C22H24Cl2N2O4S. The number of carboxylic acid groups (broad SMARTS) is 1. The molecule has 1 aliphatic carbocycles. The molecule has 4 atom stereocenters. The number of carbonyl (C=O) groups excluding carboxylic acids is 1. The highest BCUT2D eigenvalue weighted by molar-refractivity contribution is 7.17. The summed E-state index contributed by atoms with van der Waals surface area (Å²) in [7, 11) is 1.61. The summed E-state index contributed by atoms with van der Waals surface area (Å²) in [6.07, 6.45) is 1.85. The van der Waals surface area contributed by atoms with Crippen molar-refractivity contribution in [3.05, 3.63) is 49.6 Å². The molecule has 0 saturated heterocycles. The molecule has 4 rings (SSSR count). The Bertz CT molecular complexity index is 996. The van der Waals surface area contributed by atoms with Crippen molar-refractivity contribution in [1.82, 2.24) is 5.32 Å². The van der Waals surface area contributed by atoms with Gasteiger partial charge in [0.25, 0.3) is 0 Å². The van der Waals surface area contributed by atoms with Gasteiger partial charge in [0.15, 0.2) is 0 Å². The van der Waals surface area contributed by atoms with E-state index in [0.29, 0.717) is 35.2 Å². The zero-order valence-electron chi connectivity index (χ0n) is 17.0. The first kappa shape index (κ1) is 22.4. The second-order valence-electron chi connectivity index (χ2n) is 8.07. The number of amides is 1. The lowest BCUT2D eigenvalue weighted by Crippen LogP contribution is -2.47. The Morgan fingerprint density at radius 2 is 2.10 bits per heavy atom. The van der Waals surface area contributed by atoms with Crippen molar-refractivity contribution in [3.8, 4) is 0 Å². The maximum absolute atomic E-state index is 13.1. The molecule has 2 unspecified atom stereocenters. The number of anilines is 1. The van der Waals surface area contributed by atoms with Crippen LogP contribution in [0.1, 0.15) is 34.8 Å². The minimum atomic E-state index is -0.844. The van der Waals surface area contributed by atoms with Crippen LogP contribution in [0.3, 0.4) is 0 Å². The van der Waals surface area contributed by atoms with Crippen molar-refractivity contribution in [2.75, 3.05) is 19.0 Å². The van der Waals surface area contributed by atoms with Crippen molar-refractivity contribution in [2.45, 2.75) is 43.7 Å². The van der Waals surface area contributed by atoms with Crippen LogP contribution in [0.4, 0.5) is 5.69 Å². The number of carbonyl (C=O) groups is 2. The molecule has 166 valence electrons. The van der Waals surface area contributed by atoms with Crippen LogP contribution in [0, 0.1) is 5.92 Å². The van der Waals surface area contributed by atoms with Gasteiger partial charge in [-0.05, 0) is 29.9 Å². The number of halogens is 2. The first-order valence-corrected chi connectivity index (χ1v) is 11.8. The van der Waals surface area contributed by atoms with E-state index < -0.39 is 12.0 Å². The Kier molecular flexibility index (Phi) is 6.77. The number of hydrogen-bond donors (Lipinski definition) is 3. The third-order valence-electron chi connectivity index (χ3n) is 6.16. The molecule has 6 nitrogen and oxygen atoms in total. The maximum Gasteiger partial charge on any atom is 0.303 e. The zero-order chi connectivity index (χ0) is 22.1. The highest BCUT2D eigenvalue weighted by atomic mass is 35.5. The summed E-state index contributed by atoms with van der Waals surface area (Å²) in [5.41, 5.74) is 3.01. The van der Waals surface area contributed by atoms with Crippen LogP contribution < -0.4 is 10.6 Å². The number of ether oxygens (including phenoxy) is 1. The van der Waals surface area contributed by atoms with E-state index in [1.807, 2.05) is 18.2 Å². The molecule has 2 aromatic rings. The highest BCUT2D eigenvalue weighted by Gasteiger charge is 2.41. The van der Waals surface area contributed by atoms with E-state index in [4.69, 9.17) is 27.9 Å². The molecule has 1 aliphatic heterocycles. The van der Waals surface area contributed by atoms with E-state index in [9.17, 15) is 14.7 Å². The predicted octanol–water partition coefficient (Wildman–Crippen LogP) is 4.34. The molecule has 0 bridgehead atoms. The fourth-order valence-corrected chi connectivity index (χ4v) is 6.45. The molecule has 1 amide bonds. The number of hydrogen-bond acceptors (Lipinski definition) is 5. The molecule has 31 heavy (non-hydrogen) atoms. The molecule has 9 heteroatoms. The highest BCUT2D eigenvalue weighted by Crippen LogP contribution is 2.45. The zero-order valence-corrected chi connectivity index (χ0v) is 19.3. The molecule has 2 heterocycles. The average molecular weight is 483 g/mol. The van der Waals surface area contributed by atoms with Gasteiger partial charge in [-0.25, -0.2) is 0 Å². The number of thiophene rings is 1. The lowest BCUT2D eigenvalue weighted by atomic mass is 9.80. The smallest absolute Gasteiger partial charge is 0.303 e. The van der Waals surface area contributed by atoms with Crippen molar-refractivity contribution < 1.29 is 19.4 Å². The first-order valence-electron chi connectivity index (χ1n) is 10.2. The van der Waals surface area contributed by atoms with Gasteiger partial charge in [0, 0.05) is 43.4 Å². The van der Waals surface area contributed by atoms with Crippen LogP contribution in [0.25, 0.3) is 0 Å². The van der Waals surface area contributed by atoms with Gasteiger partial charge >= 0.3 is 5.97 Å². The van der Waals surface area contributed by atoms with Gasteiger partial charge in [-0.15, -0.1) is 11.3 Å². The molecule has 1 aromatic carbocycles. The van der Waals surface area contributed by atoms with E-state index in [1.54, 1.807) is 7.11 Å². The minimum Gasteiger partial charge on any atom is -0.481 e. The van der Waals surface area contributed by atoms with Crippen molar-refractivity contribution >= 4 is 52.1 Å². The fraction of sp³-hybridized carbons (Fsp3) is 0.455. The first-order chi connectivity index (χ1) is 14.9. The molecular weight excluding hydrogens is 459 g/mol. The normalized spacial score (nSPS) is 22.5. The molecule has 0 saturated carbocycles. The van der Waals surface area contributed by atoms with Gasteiger partial charge in [0.2, 0.25) is 5.91 Å². The van der Waals surface area contributed by atoms with Gasteiger partial charge in [-0.2, -0.15) is 0 Å². The Hall–Kier alpha value is -1.80. The van der Waals surface area contributed by atoms with Crippen LogP contribution in [-0.2, 0) is 27.2 Å². The second-order valence-corrected chi connectivity index (χ2v) is 10.2. The third-order valence-corrected chi connectivity index (χ3v) is 8.17. The summed E-state index contributed by atoms with van der Waals surface area (Å²) < 4.78 is 5.76. The van der Waals surface area contributed by atoms with Crippen LogP contribution >= 0.6 is 34.5 Å². The van der Waals surface area contributed by atoms with E-state index in [1.165, 1.54) is 11.3 Å². The van der Waals surface area contributed by atoms with Crippen LogP contribution in [0.5, 0.6) is 0 Å². The Balaban J connectivity index is 1.53. The summed E-state index contributed by atoms with van der Waals surface area (Å²) in [6, 6.07) is 7.44. The number of aliphatic carboxylic acids is 1. The molecule has 1 aromatic heterocycles. The van der Waals surface area contributed by atoms with Crippen LogP contribution in [0.15, 0.2) is 24.3 Å². The minimum absolute atomic E-state index is 0.0296. The number of carboxylic acids is 1. The number of rotatable bonds is 8. The van der Waals surface area contributed by atoms with Gasteiger partial charge < -0.3 is 20.5 Å². The van der Waals surface area contributed by atoms with Crippen molar-refractivity contribution in [1.29, 1.82) is 0 Å². The summed E-state index contributed by atoms with van der Waals surface area (Å²) in [4.78, 5) is 25.7. The third kappa shape index (κ3) is 4.55. The lowest BCUT2D eigenvalue weighted by Gasteiger charge is -2.30.